The molecule has 0 nitrogen and oxygen atoms in total. The molecule has 0 bridgehead atoms. The molecule has 0 atom stereocenters. The first kappa shape index (κ1) is 20.8. The first-order valence-electron chi connectivity index (χ1n) is 9.18. The smallest absolute Gasteiger partial charge is 0.0417 e. The second kappa shape index (κ2) is 10.0. The summed E-state index contributed by atoms with van der Waals surface area (Å²) in [7, 11) is -1.88. The second-order valence-corrected chi connectivity index (χ2v) is 12.0. The summed E-state index contributed by atoms with van der Waals surface area (Å²) in [6.07, 6.45) is 0. The fourth-order valence-electron chi connectivity index (χ4n) is 3.27. The molecule has 0 radical (unpaired) electrons. The fraction of sp³-hybridized carbons (Fsp3) is 0.0400. The number of rotatable bonds is 3. The van der Waals surface area contributed by atoms with Crippen LogP contribution in [0.15, 0.2) is 120 Å². The summed E-state index contributed by atoms with van der Waals surface area (Å²) in [4.78, 5) is 0. The molecule has 0 saturated carbocycles. The van der Waals surface area contributed by atoms with Crippen LogP contribution in [0.4, 0.5) is 0 Å². The van der Waals surface area contributed by atoms with E-state index < -0.39 is 7.26 Å². The molecular weight excluding hydrogens is 447 g/mol. The van der Waals surface area contributed by atoms with E-state index >= 15 is 0 Å². The molecule has 28 heavy (non-hydrogen) atoms. The molecule has 0 unspecified atom stereocenters. The van der Waals surface area contributed by atoms with Crippen LogP contribution in [-0.2, 0) is 0 Å². The van der Waals surface area contributed by atoms with E-state index in [0.717, 1.165) is 9.50 Å². The maximum atomic E-state index is 5.61. The van der Waals surface area contributed by atoms with Gasteiger partial charge in [0.25, 0.3) is 0 Å². The molecule has 4 aromatic rings. The molecule has 4 rings (SSSR count). The first-order valence-corrected chi connectivity index (χ1v) is 12.9. The maximum absolute atomic E-state index is 5.61. The van der Waals surface area contributed by atoms with Gasteiger partial charge in [0.2, 0.25) is 0 Å². The number of benzene rings is 4. The van der Waals surface area contributed by atoms with Crippen molar-refractivity contribution in [2.24, 2.45) is 0 Å². The molecular formula is C25H23BrClP. The normalized spacial score (nSPS) is 11.2. The third-order valence-corrected chi connectivity index (χ3v) is 10.0. The molecule has 0 fully saturated rings. The van der Waals surface area contributed by atoms with E-state index in [1.807, 2.05) is 24.3 Å². The number of hydrogen-bond acceptors (Lipinski definition) is 0. The van der Waals surface area contributed by atoms with E-state index in [-0.39, 0.29) is 0 Å². The van der Waals surface area contributed by atoms with Crippen LogP contribution >= 0.6 is 34.8 Å². The van der Waals surface area contributed by atoms with E-state index in [4.69, 9.17) is 11.6 Å². The molecule has 0 aliphatic carbocycles. The SMILES string of the molecule is C[PH](c1ccccc1)(c1ccccc1)c1ccccc1.Clc1cccc(Br)c1. The van der Waals surface area contributed by atoms with Gasteiger partial charge in [0.05, 0.1) is 0 Å². The minimum atomic E-state index is -1.88. The Balaban J connectivity index is 0.000000236. The zero-order valence-corrected chi connectivity index (χ0v) is 19.1. The van der Waals surface area contributed by atoms with Gasteiger partial charge in [-0.3, -0.25) is 0 Å². The third-order valence-electron chi connectivity index (χ3n) is 4.84. The predicted molar refractivity (Wildman–Crippen MR) is 132 cm³/mol. The molecule has 0 aliphatic heterocycles. The maximum Gasteiger partial charge on any atom is 0.0417 e. The Labute approximate surface area is 181 Å². The topological polar surface area (TPSA) is 0 Å². The summed E-state index contributed by atoms with van der Waals surface area (Å²) < 4.78 is 1.02. The van der Waals surface area contributed by atoms with Gasteiger partial charge in [0.15, 0.2) is 0 Å². The third kappa shape index (κ3) is 5.11. The van der Waals surface area contributed by atoms with E-state index in [0.29, 0.717) is 0 Å². The van der Waals surface area contributed by atoms with Gasteiger partial charge in [0.1, 0.15) is 0 Å². The molecule has 0 aliphatic rings. The number of hydrogen-bond donors (Lipinski definition) is 0. The van der Waals surface area contributed by atoms with Gasteiger partial charge in [-0.15, -0.1) is 0 Å². The summed E-state index contributed by atoms with van der Waals surface area (Å²) in [5.74, 6) is 0. The van der Waals surface area contributed by atoms with Crippen LogP contribution in [0, 0.1) is 0 Å². The van der Waals surface area contributed by atoms with Gasteiger partial charge in [-0.2, -0.15) is 0 Å². The molecule has 4 aromatic carbocycles. The van der Waals surface area contributed by atoms with Crippen molar-refractivity contribution in [1.29, 1.82) is 0 Å². The van der Waals surface area contributed by atoms with Crippen LogP contribution in [0.1, 0.15) is 0 Å². The molecule has 3 heteroatoms. The van der Waals surface area contributed by atoms with Gasteiger partial charge in [-0.25, -0.2) is 0 Å². The van der Waals surface area contributed by atoms with E-state index in [2.05, 4.69) is 114 Å². The minimum Gasteiger partial charge on any atom is -0.0843 e. The average molecular weight is 470 g/mol. The van der Waals surface area contributed by atoms with E-state index in [1.54, 1.807) is 0 Å². The van der Waals surface area contributed by atoms with E-state index in [9.17, 15) is 0 Å². The second-order valence-electron chi connectivity index (χ2n) is 6.66. The van der Waals surface area contributed by atoms with Gasteiger partial charge in [-0.05, 0) is 18.2 Å². The van der Waals surface area contributed by atoms with Crippen molar-refractivity contribution in [1.82, 2.24) is 0 Å². The zero-order chi connectivity index (χ0) is 19.8. The van der Waals surface area contributed by atoms with Crippen LogP contribution in [0.2, 0.25) is 5.02 Å². The van der Waals surface area contributed by atoms with Crippen LogP contribution in [-0.4, -0.2) is 6.66 Å². The monoisotopic (exact) mass is 468 g/mol. The van der Waals surface area contributed by atoms with Crippen molar-refractivity contribution >= 4 is 50.7 Å². The van der Waals surface area contributed by atoms with Crippen LogP contribution in [0.25, 0.3) is 0 Å². The number of halogens is 2. The molecule has 0 heterocycles. The van der Waals surface area contributed by atoms with Gasteiger partial charge in [-0.1, -0.05) is 33.6 Å². The summed E-state index contributed by atoms with van der Waals surface area (Å²) >= 11 is 8.89. The van der Waals surface area contributed by atoms with Gasteiger partial charge in [0, 0.05) is 9.50 Å². The fourth-order valence-corrected chi connectivity index (χ4v) is 7.57. The van der Waals surface area contributed by atoms with Gasteiger partial charge < -0.3 is 0 Å². The van der Waals surface area contributed by atoms with Crippen LogP contribution in [0.3, 0.4) is 0 Å². The van der Waals surface area contributed by atoms with Crippen molar-refractivity contribution in [2.75, 3.05) is 6.66 Å². The average Bonchev–Trinajstić information content (AvgIpc) is 2.75. The minimum absolute atomic E-state index is 0.763. The van der Waals surface area contributed by atoms with Crippen molar-refractivity contribution in [3.63, 3.8) is 0 Å². The first-order chi connectivity index (χ1) is 13.6. The molecule has 0 N–H and O–H groups in total. The Kier molecular flexibility index (Phi) is 7.45. The van der Waals surface area contributed by atoms with Crippen molar-refractivity contribution in [3.8, 4) is 0 Å². The van der Waals surface area contributed by atoms with Crippen molar-refractivity contribution < 1.29 is 0 Å². The molecule has 142 valence electrons. The Morgan fingerprint density at radius 3 is 1.25 bits per heavy atom. The summed E-state index contributed by atoms with van der Waals surface area (Å²) in [5, 5.41) is 5.13. The standard InChI is InChI=1S/C19H19P.C6H4BrCl/c1-20(17-11-5-2-6-12-17,18-13-7-3-8-14-18)19-15-9-4-10-16-19;7-5-2-1-3-6(8)4-5/h2-16,20H,1H3;1-4H. The van der Waals surface area contributed by atoms with Crippen molar-refractivity contribution in [3.05, 3.63) is 125 Å². The van der Waals surface area contributed by atoms with Gasteiger partial charge >= 0.3 is 121 Å². The Hall–Kier alpha value is -1.92. The van der Waals surface area contributed by atoms with Crippen molar-refractivity contribution in [2.45, 2.75) is 0 Å². The summed E-state index contributed by atoms with van der Waals surface area (Å²) in [6.45, 7) is 2.44. The molecule has 0 amide bonds. The molecule has 0 aromatic heterocycles. The summed E-state index contributed by atoms with van der Waals surface area (Å²) in [6, 6.07) is 40.3. The van der Waals surface area contributed by atoms with Crippen LogP contribution < -0.4 is 15.9 Å². The Morgan fingerprint density at radius 2 is 0.964 bits per heavy atom. The quantitative estimate of drug-likeness (QED) is 0.303. The molecule has 0 spiro atoms. The van der Waals surface area contributed by atoms with Crippen LogP contribution in [0.5, 0.6) is 0 Å². The largest absolute Gasteiger partial charge is 0.0843 e. The zero-order valence-electron chi connectivity index (χ0n) is 15.7. The molecule has 0 saturated heterocycles. The predicted octanol–water partition coefficient (Wildman–Crippen LogP) is 6.45. The van der Waals surface area contributed by atoms with E-state index in [1.165, 1.54) is 15.9 Å². The summed E-state index contributed by atoms with van der Waals surface area (Å²) in [5.41, 5.74) is 0. The Morgan fingerprint density at radius 1 is 0.571 bits per heavy atom. The Bertz CT molecular complexity index is 875.